The van der Waals surface area contributed by atoms with Gasteiger partial charge in [-0.25, -0.2) is 4.79 Å². The number of carbonyl (C=O) groups excluding carboxylic acids is 1. The minimum absolute atomic E-state index is 0.0869. The van der Waals surface area contributed by atoms with Crippen molar-refractivity contribution in [1.82, 2.24) is 5.32 Å². The van der Waals surface area contributed by atoms with Crippen LogP contribution in [0.2, 0.25) is 0 Å². The van der Waals surface area contributed by atoms with Crippen molar-refractivity contribution in [2.24, 2.45) is 11.8 Å². The van der Waals surface area contributed by atoms with Crippen LogP contribution in [0.5, 0.6) is 0 Å². The summed E-state index contributed by atoms with van der Waals surface area (Å²) in [5, 5.41) is 11.5. The molecule has 0 rings (SSSR count). The number of carboxylic acid groups (broad SMARTS) is 1. The van der Waals surface area contributed by atoms with Crippen LogP contribution in [0.4, 0.5) is 0 Å². The number of rotatable bonds is 7. The molecule has 0 saturated carbocycles. The van der Waals surface area contributed by atoms with Crippen LogP contribution in [0.25, 0.3) is 0 Å². The van der Waals surface area contributed by atoms with Crippen LogP contribution in [-0.2, 0) is 14.3 Å². The number of hydrogen-bond acceptors (Lipinski definition) is 3. The van der Waals surface area contributed by atoms with E-state index < -0.39 is 12.0 Å². The molecule has 0 heterocycles. The molecule has 2 N–H and O–H groups in total. The van der Waals surface area contributed by atoms with Crippen molar-refractivity contribution >= 4 is 11.9 Å². The summed E-state index contributed by atoms with van der Waals surface area (Å²) < 4.78 is 4.85. The molecular formula is C11H21NO4. The minimum Gasteiger partial charge on any atom is -0.480 e. The zero-order valence-electron chi connectivity index (χ0n) is 10.3. The molecule has 0 radical (unpaired) electrons. The van der Waals surface area contributed by atoms with E-state index in [1.165, 1.54) is 7.11 Å². The van der Waals surface area contributed by atoms with E-state index >= 15 is 0 Å². The Morgan fingerprint density at radius 1 is 1.38 bits per heavy atom. The fourth-order valence-corrected chi connectivity index (χ4v) is 1.30. The number of carbonyl (C=O) groups is 2. The summed E-state index contributed by atoms with van der Waals surface area (Å²) in [6.45, 7) is 5.69. The maximum Gasteiger partial charge on any atom is 0.326 e. The molecule has 0 aromatic carbocycles. The van der Waals surface area contributed by atoms with Crippen LogP contribution in [0.1, 0.15) is 27.2 Å². The Hall–Kier alpha value is -1.10. The topological polar surface area (TPSA) is 75.6 Å². The monoisotopic (exact) mass is 231 g/mol. The van der Waals surface area contributed by atoms with Gasteiger partial charge in [-0.05, 0) is 5.92 Å². The molecule has 3 atom stereocenters. The Balaban J connectivity index is 4.40. The molecule has 94 valence electrons. The van der Waals surface area contributed by atoms with Crippen LogP contribution in [0, 0.1) is 11.8 Å². The summed E-state index contributed by atoms with van der Waals surface area (Å²) in [5.74, 6) is -1.70. The second-order valence-corrected chi connectivity index (χ2v) is 4.07. The highest BCUT2D eigenvalue weighted by atomic mass is 16.5. The Morgan fingerprint density at radius 3 is 2.31 bits per heavy atom. The first kappa shape index (κ1) is 14.9. The van der Waals surface area contributed by atoms with Gasteiger partial charge in [-0.15, -0.1) is 0 Å². The van der Waals surface area contributed by atoms with Gasteiger partial charge in [0, 0.05) is 7.11 Å². The van der Waals surface area contributed by atoms with Gasteiger partial charge in [-0.3, -0.25) is 4.79 Å². The highest BCUT2D eigenvalue weighted by Gasteiger charge is 2.26. The molecule has 0 aliphatic carbocycles. The molecule has 5 heteroatoms. The van der Waals surface area contributed by atoms with E-state index in [4.69, 9.17) is 9.84 Å². The van der Waals surface area contributed by atoms with E-state index in [2.05, 4.69) is 5.32 Å². The van der Waals surface area contributed by atoms with E-state index in [0.717, 1.165) is 0 Å². The van der Waals surface area contributed by atoms with Crippen LogP contribution < -0.4 is 5.32 Å². The average Bonchev–Trinajstić information content (AvgIpc) is 2.24. The number of nitrogens with one attached hydrogen (secondary N) is 1. The van der Waals surface area contributed by atoms with E-state index in [1.807, 2.05) is 6.92 Å². The molecule has 0 saturated heterocycles. The molecule has 0 aliphatic rings. The van der Waals surface area contributed by atoms with E-state index in [-0.39, 0.29) is 17.7 Å². The Labute approximate surface area is 96.2 Å². The third-order valence-corrected chi connectivity index (χ3v) is 2.64. The van der Waals surface area contributed by atoms with Crippen molar-refractivity contribution in [1.29, 1.82) is 0 Å². The standard InChI is InChI=1S/C11H21NO4/c1-5-7(2)9(11(14)15)12-10(13)8(3)6-16-4/h7-9H,5-6H2,1-4H3,(H,12,13)(H,14,15). The lowest BCUT2D eigenvalue weighted by atomic mass is 9.98. The number of amides is 1. The lowest BCUT2D eigenvalue weighted by molar-refractivity contribution is -0.144. The molecule has 0 fully saturated rings. The lowest BCUT2D eigenvalue weighted by Crippen LogP contribution is -2.47. The van der Waals surface area contributed by atoms with Gasteiger partial charge in [0.25, 0.3) is 0 Å². The normalized spacial score (nSPS) is 16.2. The molecule has 3 unspecified atom stereocenters. The Morgan fingerprint density at radius 2 is 1.94 bits per heavy atom. The SMILES string of the molecule is CCC(C)C(NC(=O)C(C)COC)C(=O)O. The minimum atomic E-state index is -0.993. The smallest absolute Gasteiger partial charge is 0.326 e. The molecule has 0 aliphatic heterocycles. The van der Waals surface area contributed by atoms with Crippen molar-refractivity contribution in [3.8, 4) is 0 Å². The van der Waals surface area contributed by atoms with E-state index in [1.54, 1.807) is 13.8 Å². The largest absolute Gasteiger partial charge is 0.480 e. The molecule has 5 nitrogen and oxygen atoms in total. The van der Waals surface area contributed by atoms with Crippen LogP contribution in [0.15, 0.2) is 0 Å². The third kappa shape index (κ3) is 4.61. The van der Waals surface area contributed by atoms with Gasteiger partial charge in [0.2, 0.25) is 5.91 Å². The fourth-order valence-electron chi connectivity index (χ4n) is 1.30. The Bertz CT molecular complexity index is 242. The van der Waals surface area contributed by atoms with Gasteiger partial charge in [0.05, 0.1) is 12.5 Å². The zero-order valence-corrected chi connectivity index (χ0v) is 10.3. The number of carboxylic acids is 1. The lowest BCUT2D eigenvalue weighted by Gasteiger charge is -2.21. The van der Waals surface area contributed by atoms with Crippen molar-refractivity contribution < 1.29 is 19.4 Å². The molecule has 0 aromatic heterocycles. The number of methoxy groups -OCH3 is 1. The molecule has 0 spiro atoms. The predicted molar refractivity (Wildman–Crippen MR) is 60.1 cm³/mol. The number of ether oxygens (including phenoxy) is 1. The maximum absolute atomic E-state index is 11.6. The van der Waals surface area contributed by atoms with Crippen molar-refractivity contribution in [3.63, 3.8) is 0 Å². The highest BCUT2D eigenvalue weighted by Crippen LogP contribution is 2.09. The molecule has 0 bridgehead atoms. The Kier molecular flexibility index (Phi) is 6.72. The van der Waals surface area contributed by atoms with Crippen molar-refractivity contribution in [2.75, 3.05) is 13.7 Å². The quantitative estimate of drug-likeness (QED) is 0.682. The first-order valence-corrected chi connectivity index (χ1v) is 5.46. The van der Waals surface area contributed by atoms with Gasteiger partial charge in [-0.2, -0.15) is 0 Å². The van der Waals surface area contributed by atoms with Gasteiger partial charge in [0.15, 0.2) is 0 Å². The van der Waals surface area contributed by atoms with E-state index in [9.17, 15) is 9.59 Å². The summed E-state index contributed by atoms with van der Waals surface area (Å²) in [7, 11) is 1.51. The fraction of sp³-hybridized carbons (Fsp3) is 0.818. The first-order chi connectivity index (χ1) is 7.43. The maximum atomic E-state index is 11.6. The van der Waals surface area contributed by atoms with Crippen molar-refractivity contribution in [2.45, 2.75) is 33.2 Å². The molecule has 1 amide bonds. The molecule has 16 heavy (non-hydrogen) atoms. The molecular weight excluding hydrogens is 210 g/mol. The van der Waals surface area contributed by atoms with Crippen molar-refractivity contribution in [3.05, 3.63) is 0 Å². The third-order valence-electron chi connectivity index (χ3n) is 2.64. The van der Waals surface area contributed by atoms with Gasteiger partial charge >= 0.3 is 5.97 Å². The summed E-state index contributed by atoms with van der Waals surface area (Å²) in [6, 6.07) is -0.822. The second-order valence-electron chi connectivity index (χ2n) is 4.07. The van der Waals surface area contributed by atoms with E-state index in [0.29, 0.717) is 13.0 Å². The van der Waals surface area contributed by atoms with Crippen LogP contribution in [0.3, 0.4) is 0 Å². The zero-order chi connectivity index (χ0) is 12.7. The first-order valence-electron chi connectivity index (χ1n) is 5.46. The van der Waals surface area contributed by atoms with Gasteiger partial charge in [0.1, 0.15) is 6.04 Å². The van der Waals surface area contributed by atoms with Gasteiger partial charge in [-0.1, -0.05) is 27.2 Å². The van der Waals surface area contributed by atoms with Gasteiger partial charge < -0.3 is 15.2 Å². The summed E-state index contributed by atoms with van der Waals surface area (Å²) in [5.41, 5.74) is 0. The summed E-state index contributed by atoms with van der Waals surface area (Å²) >= 11 is 0. The number of aliphatic carboxylic acids is 1. The number of hydrogen-bond donors (Lipinski definition) is 2. The van der Waals surface area contributed by atoms with Crippen LogP contribution >= 0.6 is 0 Å². The summed E-state index contributed by atoms with van der Waals surface area (Å²) in [6.07, 6.45) is 0.704. The average molecular weight is 231 g/mol. The summed E-state index contributed by atoms with van der Waals surface area (Å²) in [4.78, 5) is 22.6. The highest BCUT2D eigenvalue weighted by molar-refractivity contribution is 5.85. The predicted octanol–water partition coefficient (Wildman–Crippen LogP) is 0.884. The van der Waals surface area contributed by atoms with Crippen LogP contribution in [-0.4, -0.2) is 36.7 Å². The second kappa shape index (κ2) is 7.22. The molecule has 0 aromatic rings.